The van der Waals surface area contributed by atoms with Crippen LogP contribution in [0.4, 0.5) is 5.82 Å². The average molecular weight is 397 g/mol. The van der Waals surface area contributed by atoms with Crippen LogP contribution in [0.25, 0.3) is 16.7 Å². The zero-order valence-electron chi connectivity index (χ0n) is 18.3. The Morgan fingerprint density at radius 2 is 1.97 bits per heavy atom. The van der Waals surface area contributed by atoms with Crippen molar-refractivity contribution in [3.63, 3.8) is 0 Å². The Morgan fingerprint density at radius 1 is 1.28 bits per heavy atom. The van der Waals surface area contributed by atoms with E-state index in [1.165, 1.54) is 12.0 Å². The molecule has 0 radical (unpaired) electrons. The summed E-state index contributed by atoms with van der Waals surface area (Å²) in [5.74, 6) is 2.75. The van der Waals surface area contributed by atoms with E-state index in [1.54, 1.807) is 0 Å². The largest absolute Gasteiger partial charge is 0.399 e. The van der Waals surface area contributed by atoms with Gasteiger partial charge in [0.25, 0.3) is 0 Å². The third kappa shape index (κ3) is 4.17. The highest BCUT2D eigenvalue weighted by Gasteiger charge is 2.34. The lowest BCUT2D eigenvalue weighted by atomic mass is 9.91. The molecule has 0 aromatic carbocycles. The summed E-state index contributed by atoms with van der Waals surface area (Å²) < 4.78 is 2.26. The topological polar surface area (TPSA) is 109 Å². The molecule has 158 valence electrons. The zero-order chi connectivity index (χ0) is 21.5. The maximum Gasteiger partial charge on any atom is 0.146 e. The van der Waals surface area contributed by atoms with Crippen LogP contribution in [-0.4, -0.2) is 20.6 Å². The Hall–Kier alpha value is -2.34. The molecule has 29 heavy (non-hydrogen) atoms. The minimum absolute atomic E-state index is 0.0822. The number of nitrogen functional groups attached to an aromatic ring is 1. The molecule has 1 saturated carbocycles. The summed E-state index contributed by atoms with van der Waals surface area (Å²) in [6, 6.07) is 0.440. The Labute approximate surface area is 174 Å². The molecule has 3 rings (SSSR count). The molecule has 2 heterocycles. The van der Waals surface area contributed by atoms with Gasteiger partial charge in [0.15, 0.2) is 0 Å². The molecule has 0 amide bonds. The van der Waals surface area contributed by atoms with E-state index in [0.717, 1.165) is 35.9 Å². The van der Waals surface area contributed by atoms with E-state index in [-0.39, 0.29) is 6.04 Å². The van der Waals surface area contributed by atoms with Crippen molar-refractivity contribution < 1.29 is 0 Å². The standard InChI is InChI=1S/C23H36N6/c1-12(2)21(25)13(3)7-8-17-9-14(4)19(10-17)29-11-18(15(5)24)20-22(26)27-16(6)28-23(20)29/h11-12,14,17,19,21H,3,5,7-10,24-25H2,1-2,4,6H3,(H2,26,27,28). The van der Waals surface area contributed by atoms with Crippen LogP contribution in [0.2, 0.25) is 0 Å². The third-order valence-electron chi connectivity index (χ3n) is 6.52. The molecule has 6 heteroatoms. The van der Waals surface area contributed by atoms with Crippen molar-refractivity contribution in [1.29, 1.82) is 0 Å². The highest BCUT2D eigenvalue weighted by molar-refractivity contribution is 5.97. The first kappa shape index (κ1) is 21.4. The summed E-state index contributed by atoms with van der Waals surface area (Å²) in [6.45, 7) is 16.6. The number of nitrogens with zero attached hydrogens (tertiary/aromatic N) is 3. The number of aromatic nitrogens is 3. The van der Waals surface area contributed by atoms with Crippen molar-refractivity contribution >= 4 is 22.5 Å². The van der Waals surface area contributed by atoms with Gasteiger partial charge in [-0.3, -0.25) is 0 Å². The van der Waals surface area contributed by atoms with Gasteiger partial charge in [-0.25, -0.2) is 9.97 Å². The van der Waals surface area contributed by atoms with Gasteiger partial charge in [0, 0.05) is 29.5 Å². The van der Waals surface area contributed by atoms with Crippen LogP contribution in [0.5, 0.6) is 0 Å². The second-order valence-corrected chi connectivity index (χ2v) is 9.18. The number of hydrogen-bond acceptors (Lipinski definition) is 5. The van der Waals surface area contributed by atoms with Gasteiger partial charge in [-0.05, 0) is 50.4 Å². The van der Waals surface area contributed by atoms with Crippen molar-refractivity contribution in [3.05, 3.63) is 36.3 Å². The zero-order valence-corrected chi connectivity index (χ0v) is 18.3. The van der Waals surface area contributed by atoms with Crippen LogP contribution in [0, 0.1) is 24.7 Å². The first-order chi connectivity index (χ1) is 13.6. The van der Waals surface area contributed by atoms with E-state index in [4.69, 9.17) is 22.2 Å². The fourth-order valence-corrected chi connectivity index (χ4v) is 4.79. The van der Waals surface area contributed by atoms with Gasteiger partial charge in [0.1, 0.15) is 17.3 Å². The minimum atomic E-state index is 0.0822. The Bertz CT molecular complexity index is 925. The highest BCUT2D eigenvalue weighted by Crippen LogP contribution is 2.44. The molecule has 4 atom stereocenters. The van der Waals surface area contributed by atoms with E-state index in [0.29, 0.717) is 41.1 Å². The lowest BCUT2D eigenvalue weighted by Crippen LogP contribution is -2.28. The second kappa shape index (κ2) is 8.19. The molecule has 2 aromatic rings. The normalized spacial score (nSPS) is 23.0. The molecular formula is C23H36N6. The van der Waals surface area contributed by atoms with Crippen LogP contribution in [-0.2, 0) is 0 Å². The van der Waals surface area contributed by atoms with Crippen LogP contribution >= 0.6 is 0 Å². The predicted molar refractivity (Wildman–Crippen MR) is 122 cm³/mol. The molecule has 4 unspecified atom stereocenters. The summed E-state index contributed by atoms with van der Waals surface area (Å²) in [5, 5.41) is 0.815. The molecule has 0 bridgehead atoms. The van der Waals surface area contributed by atoms with Gasteiger partial charge in [-0.2, -0.15) is 0 Å². The third-order valence-corrected chi connectivity index (χ3v) is 6.52. The van der Waals surface area contributed by atoms with Gasteiger partial charge < -0.3 is 21.8 Å². The maximum atomic E-state index is 6.26. The van der Waals surface area contributed by atoms with E-state index in [9.17, 15) is 0 Å². The van der Waals surface area contributed by atoms with Gasteiger partial charge in [0.2, 0.25) is 0 Å². The molecule has 2 aromatic heterocycles. The molecule has 1 fully saturated rings. The van der Waals surface area contributed by atoms with Crippen molar-refractivity contribution in [2.24, 2.45) is 29.2 Å². The summed E-state index contributed by atoms with van der Waals surface area (Å²) in [5.41, 5.74) is 21.9. The quantitative estimate of drug-likeness (QED) is 0.609. The lowest BCUT2D eigenvalue weighted by Gasteiger charge is -2.20. The highest BCUT2D eigenvalue weighted by atomic mass is 15.1. The molecule has 0 saturated heterocycles. The fraction of sp³-hybridized carbons (Fsp3) is 0.565. The van der Waals surface area contributed by atoms with Crippen molar-refractivity contribution in [2.75, 3.05) is 5.73 Å². The summed E-state index contributed by atoms with van der Waals surface area (Å²) in [6.07, 6.45) is 6.48. The van der Waals surface area contributed by atoms with E-state index >= 15 is 0 Å². The van der Waals surface area contributed by atoms with E-state index in [2.05, 4.69) is 49.7 Å². The molecule has 6 N–H and O–H groups in total. The predicted octanol–water partition coefficient (Wildman–Crippen LogP) is 4.16. The Kier molecular flexibility index (Phi) is 6.03. The van der Waals surface area contributed by atoms with E-state index in [1.807, 2.05) is 6.92 Å². The second-order valence-electron chi connectivity index (χ2n) is 9.18. The SMILES string of the molecule is C=C(N)c1cn(C2CC(CCC(=C)C(N)C(C)C)CC2C)c2nc(C)nc(N)c12. The van der Waals surface area contributed by atoms with Crippen LogP contribution in [0.15, 0.2) is 24.9 Å². The number of rotatable bonds is 7. The summed E-state index contributed by atoms with van der Waals surface area (Å²) in [4.78, 5) is 9.04. The molecule has 0 aliphatic heterocycles. The monoisotopic (exact) mass is 396 g/mol. The summed E-state index contributed by atoms with van der Waals surface area (Å²) >= 11 is 0. The van der Waals surface area contributed by atoms with E-state index < -0.39 is 0 Å². The minimum Gasteiger partial charge on any atom is -0.399 e. The number of fused-ring (bicyclic) bond motifs is 1. The number of hydrogen-bond donors (Lipinski definition) is 3. The first-order valence-corrected chi connectivity index (χ1v) is 10.6. The molecule has 6 nitrogen and oxygen atoms in total. The summed E-state index contributed by atoms with van der Waals surface area (Å²) in [7, 11) is 0. The molecule has 0 spiro atoms. The maximum absolute atomic E-state index is 6.26. The van der Waals surface area contributed by atoms with Crippen molar-refractivity contribution in [2.45, 2.75) is 65.5 Å². The van der Waals surface area contributed by atoms with Gasteiger partial charge in [-0.15, -0.1) is 0 Å². The van der Waals surface area contributed by atoms with Gasteiger partial charge in [-0.1, -0.05) is 39.5 Å². The fourth-order valence-electron chi connectivity index (χ4n) is 4.79. The number of nitrogens with two attached hydrogens (primary N) is 3. The van der Waals surface area contributed by atoms with Crippen LogP contribution < -0.4 is 17.2 Å². The van der Waals surface area contributed by atoms with Crippen molar-refractivity contribution in [3.8, 4) is 0 Å². The van der Waals surface area contributed by atoms with Crippen LogP contribution in [0.3, 0.4) is 0 Å². The van der Waals surface area contributed by atoms with Gasteiger partial charge in [0.05, 0.1) is 5.39 Å². The number of aryl methyl sites for hydroxylation is 1. The van der Waals surface area contributed by atoms with Crippen molar-refractivity contribution in [1.82, 2.24) is 14.5 Å². The van der Waals surface area contributed by atoms with Gasteiger partial charge >= 0.3 is 0 Å². The molecule has 1 aliphatic rings. The first-order valence-electron chi connectivity index (χ1n) is 10.6. The lowest BCUT2D eigenvalue weighted by molar-refractivity contribution is 0.415. The molecule has 1 aliphatic carbocycles. The average Bonchev–Trinajstić information content (AvgIpc) is 3.19. The number of anilines is 1. The van der Waals surface area contributed by atoms with Crippen LogP contribution in [0.1, 0.15) is 63.9 Å². The smallest absolute Gasteiger partial charge is 0.146 e. The molecular weight excluding hydrogens is 360 g/mol. The Morgan fingerprint density at radius 3 is 2.59 bits per heavy atom. The Balaban J connectivity index is 1.84.